The van der Waals surface area contributed by atoms with Crippen molar-refractivity contribution >= 4 is 17.2 Å². The van der Waals surface area contributed by atoms with Crippen LogP contribution in [0, 0.1) is 6.92 Å². The molecule has 2 aromatic rings. The second-order valence-electron chi connectivity index (χ2n) is 6.03. The van der Waals surface area contributed by atoms with Crippen LogP contribution in [0.4, 0.5) is 0 Å². The fraction of sp³-hybridized carbons (Fsp3) is 0.389. The lowest BCUT2D eigenvalue weighted by atomic mass is 10.1. The first-order valence-corrected chi connectivity index (χ1v) is 8.57. The Hall–Kier alpha value is -1.65. The molecule has 22 heavy (non-hydrogen) atoms. The molecule has 3 rings (SSSR count). The van der Waals surface area contributed by atoms with Gasteiger partial charge in [-0.3, -0.25) is 9.69 Å². The summed E-state index contributed by atoms with van der Waals surface area (Å²) in [5, 5.41) is 2.13. The highest BCUT2D eigenvalue weighted by Gasteiger charge is 2.22. The number of aryl methyl sites for hydroxylation is 1. The van der Waals surface area contributed by atoms with Crippen LogP contribution >= 0.6 is 11.3 Å². The highest BCUT2D eigenvalue weighted by molar-refractivity contribution is 7.10. The highest BCUT2D eigenvalue weighted by atomic mass is 32.1. The minimum atomic E-state index is 0.230. The monoisotopic (exact) mass is 314 g/mol. The maximum Gasteiger partial charge on any atom is 0.237 e. The summed E-state index contributed by atoms with van der Waals surface area (Å²) in [5.41, 5.74) is 3.89. The molecular weight excluding hydrogens is 292 g/mol. The fourth-order valence-corrected chi connectivity index (χ4v) is 3.82. The summed E-state index contributed by atoms with van der Waals surface area (Å²) in [4.78, 5) is 18.0. The predicted octanol–water partition coefficient (Wildman–Crippen LogP) is 3.07. The van der Waals surface area contributed by atoms with Gasteiger partial charge >= 0.3 is 0 Å². The van der Waals surface area contributed by atoms with Crippen molar-refractivity contribution in [1.82, 2.24) is 9.80 Å². The zero-order valence-electron chi connectivity index (χ0n) is 13.2. The number of benzene rings is 1. The molecule has 1 aromatic heterocycles. The van der Waals surface area contributed by atoms with Crippen LogP contribution in [-0.2, 0) is 24.3 Å². The van der Waals surface area contributed by atoms with Crippen LogP contribution in [0.5, 0.6) is 0 Å². The lowest BCUT2D eigenvalue weighted by molar-refractivity contribution is -0.133. The van der Waals surface area contributed by atoms with Crippen LogP contribution in [0.3, 0.4) is 0 Å². The molecule has 1 aromatic carbocycles. The summed E-state index contributed by atoms with van der Waals surface area (Å²) in [5.74, 6) is 0.230. The molecular formula is C18H22N2OS. The molecule has 0 unspecified atom stereocenters. The van der Waals surface area contributed by atoms with Gasteiger partial charge in [-0.1, -0.05) is 24.3 Å². The van der Waals surface area contributed by atoms with Crippen molar-refractivity contribution in [2.75, 3.05) is 20.1 Å². The van der Waals surface area contributed by atoms with E-state index in [0.29, 0.717) is 6.54 Å². The number of nitrogens with zero attached hydrogens (tertiary/aromatic N) is 2. The quantitative estimate of drug-likeness (QED) is 0.866. The molecule has 0 N–H and O–H groups in total. The number of carbonyl (C=O) groups excluding carboxylic acids is 1. The number of fused-ring (bicyclic) bond motifs is 1. The first-order valence-electron chi connectivity index (χ1n) is 7.69. The van der Waals surface area contributed by atoms with E-state index in [9.17, 15) is 4.79 Å². The lowest BCUT2D eigenvalue weighted by Gasteiger charge is -2.29. The second kappa shape index (κ2) is 6.63. The van der Waals surface area contributed by atoms with Crippen molar-refractivity contribution < 1.29 is 4.79 Å². The van der Waals surface area contributed by atoms with E-state index in [1.807, 2.05) is 23.3 Å². The van der Waals surface area contributed by atoms with Crippen LogP contribution in [-0.4, -0.2) is 35.8 Å². The third-order valence-corrected chi connectivity index (χ3v) is 5.29. The molecule has 0 saturated heterocycles. The minimum absolute atomic E-state index is 0.230. The summed E-state index contributed by atoms with van der Waals surface area (Å²) in [7, 11) is 2.02. The number of rotatable bonds is 4. The van der Waals surface area contributed by atoms with Gasteiger partial charge in [-0.05, 0) is 48.5 Å². The molecule has 2 heterocycles. The van der Waals surface area contributed by atoms with Gasteiger partial charge in [0.15, 0.2) is 0 Å². The van der Waals surface area contributed by atoms with Gasteiger partial charge in [0.05, 0.1) is 6.54 Å². The fourth-order valence-electron chi connectivity index (χ4n) is 2.93. The third-order valence-electron chi connectivity index (χ3n) is 4.27. The molecule has 0 atom stereocenters. The summed E-state index contributed by atoms with van der Waals surface area (Å²) in [6, 6.07) is 10.5. The van der Waals surface area contributed by atoms with Crippen LogP contribution < -0.4 is 0 Å². The van der Waals surface area contributed by atoms with Gasteiger partial charge in [-0.25, -0.2) is 0 Å². The number of hydrogen-bond acceptors (Lipinski definition) is 3. The SMILES string of the molecule is Cc1ccccc1CN(C)CC(=O)N1CCc2sccc2C1. The Morgan fingerprint density at radius 2 is 2.14 bits per heavy atom. The third kappa shape index (κ3) is 3.39. The van der Waals surface area contributed by atoms with Crippen molar-refractivity contribution in [3.8, 4) is 0 Å². The summed E-state index contributed by atoms with van der Waals surface area (Å²) < 4.78 is 0. The standard InChI is InChI=1S/C18H22N2OS/c1-14-5-3-4-6-15(14)11-19(2)13-18(21)20-9-7-17-16(12-20)8-10-22-17/h3-6,8,10H,7,9,11-13H2,1-2H3. The van der Waals surface area contributed by atoms with E-state index in [0.717, 1.165) is 26.1 Å². The molecule has 1 aliphatic heterocycles. The zero-order chi connectivity index (χ0) is 15.5. The second-order valence-corrected chi connectivity index (χ2v) is 7.03. The molecule has 116 valence electrons. The van der Waals surface area contributed by atoms with E-state index in [1.165, 1.54) is 21.6 Å². The zero-order valence-corrected chi connectivity index (χ0v) is 14.0. The first-order chi connectivity index (χ1) is 10.6. The number of carbonyl (C=O) groups is 1. The first kappa shape index (κ1) is 15.3. The van der Waals surface area contributed by atoms with E-state index in [4.69, 9.17) is 0 Å². The van der Waals surface area contributed by atoms with Crippen molar-refractivity contribution in [3.05, 3.63) is 57.3 Å². The lowest BCUT2D eigenvalue weighted by Crippen LogP contribution is -2.41. The Labute approximate surface area is 136 Å². The van der Waals surface area contributed by atoms with Gasteiger partial charge < -0.3 is 4.90 Å². The molecule has 0 saturated carbocycles. The van der Waals surface area contributed by atoms with Crippen molar-refractivity contribution in [3.63, 3.8) is 0 Å². The van der Waals surface area contributed by atoms with Crippen molar-refractivity contribution in [2.24, 2.45) is 0 Å². The van der Waals surface area contributed by atoms with Gasteiger partial charge in [-0.2, -0.15) is 0 Å². The molecule has 4 heteroatoms. The number of hydrogen-bond donors (Lipinski definition) is 0. The number of thiophene rings is 1. The van der Waals surface area contributed by atoms with Crippen LogP contribution in [0.1, 0.15) is 21.6 Å². The predicted molar refractivity (Wildman–Crippen MR) is 91.0 cm³/mol. The van der Waals surface area contributed by atoms with Crippen molar-refractivity contribution in [1.29, 1.82) is 0 Å². The molecule has 0 fully saturated rings. The van der Waals surface area contributed by atoms with Gasteiger partial charge in [0, 0.05) is 24.5 Å². The van der Waals surface area contributed by atoms with Crippen LogP contribution in [0.2, 0.25) is 0 Å². The van der Waals surface area contributed by atoms with Crippen molar-refractivity contribution in [2.45, 2.75) is 26.4 Å². The van der Waals surface area contributed by atoms with Gasteiger partial charge in [0.1, 0.15) is 0 Å². The molecule has 3 nitrogen and oxygen atoms in total. The van der Waals surface area contributed by atoms with Crippen LogP contribution in [0.15, 0.2) is 35.7 Å². The Balaban J connectivity index is 1.57. The van der Waals surface area contributed by atoms with E-state index in [1.54, 1.807) is 0 Å². The summed E-state index contributed by atoms with van der Waals surface area (Å²) in [6.07, 6.45) is 1.00. The number of likely N-dealkylation sites (N-methyl/N-ethyl adjacent to an activating group) is 1. The molecule has 1 aliphatic rings. The average molecular weight is 314 g/mol. The molecule has 1 amide bonds. The van der Waals surface area contributed by atoms with E-state index >= 15 is 0 Å². The normalized spacial score (nSPS) is 14.2. The van der Waals surface area contributed by atoms with Gasteiger partial charge in [0.25, 0.3) is 0 Å². The molecule has 0 bridgehead atoms. The van der Waals surface area contributed by atoms with E-state index in [2.05, 4.69) is 47.5 Å². The van der Waals surface area contributed by atoms with Gasteiger partial charge in [-0.15, -0.1) is 11.3 Å². The van der Waals surface area contributed by atoms with Crippen LogP contribution in [0.25, 0.3) is 0 Å². The Kier molecular flexibility index (Phi) is 4.60. The number of amides is 1. The Morgan fingerprint density at radius 1 is 1.32 bits per heavy atom. The molecule has 0 spiro atoms. The maximum atomic E-state index is 12.5. The average Bonchev–Trinajstić information content (AvgIpc) is 2.97. The van der Waals surface area contributed by atoms with E-state index < -0.39 is 0 Å². The van der Waals surface area contributed by atoms with Gasteiger partial charge in [0.2, 0.25) is 5.91 Å². The summed E-state index contributed by atoms with van der Waals surface area (Å²) >= 11 is 1.81. The minimum Gasteiger partial charge on any atom is -0.337 e. The van der Waals surface area contributed by atoms with E-state index in [-0.39, 0.29) is 5.91 Å². The highest BCUT2D eigenvalue weighted by Crippen LogP contribution is 2.24. The Bertz CT molecular complexity index is 665. The molecule has 0 radical (unpaired) electrons. The molecule has 0 aliphatic carbocycles. The smallest absolute Gasteiger partial charge is 0.237 e. The largest absolute Gasteiger partial charge is 0.337 e. The maximum absolute atomic E-state index is 12.5. The topological polar surface area (TPSA) is 23.6 Å². The summed E-state index contributed by atoms with van der Waals surface area (Å²) in [6.45, 7) is 5.04. The Morgan fingerprint density at radius 3 is 2.95 bits per heavy atom.